The molecule has 2 saturated carbocycles. The molecule has 0 radical (unpaired) electrons. The molecule has 4 rings (SSSR count). The Kier molecular flexibility index (Phi) is 2.28. The van der Waals surface area contributed by atoms with Gasteiger partial charge in [-0.3, -0.25) is 9.36 Å². The number of aromatic nitrogens is 2. The SMILES string of the molecule is O=c1c2ccccc2[nH]c(=S)n1CC1(C2CC2)CC1. The minimum atomic E-state index is 0.0614. The summed E-state index contributed by atoms with van der Waals surface area (Å²) in [5.74, 6) is 0.834. The van der Waals surface area contributed by atoms with Crippen LogP contribution in [-0.4, -0.2) is 9.55 Å². The average Bonchev–Trinajstić information content (AvgIpc) is 3.26. The van der Waals surface area contributed by atoms with Gasteiger partial charge in [0, 0.05) is 6.54 Å². The third-order valence-corrected chi connectivity index (χ3v) is 5.02. The lowest BCUT2D eigenvalue weighted by atomic mass is 10.0. The molecule has 0 saturated heterocycles. The summed E-state index contributed by atoms with van der Waals surface area (Å²) in [6, 6.07) is 7.60. The van der Waals surface area contributed by atoms with Crippen molar-refractivity contribution >= 4 is 23.1 Å². The normalized spacial score (nSPS) is 20.6. The monoisotopic (exact) mass is 272 g/mol. The van der Waals surface area contributed by atoms with E-state index in [1.54, 1.807) is 4.57 Å². The molecule has 3 nitrogen and oxygen atoms in total. The van der Waals surface area contributed by atoms with Gasteiger partial charge < -0.3 is 4.98 Å². The topological polar surface area (TPSA) is 37.8 Å². The van der Waals surface area contributed by atoms with Gasteiger partial charge in [-0.1, -0.05) is 12.1 Å². The molecule has 1 aromatic carbocycles. The molecule has 0 amide bonds. The van der Waals surface area contributed by atoms with Gasteiger partial charge in [0.2, 0.25) is 0 Å². The third-order valence-electron chi connectivity index (χ3n) is 4.70. The van der Waals surface area contributed by atoms with Crippen molar-refractivity contribution in [2.45, 2.75) is 32.2 Å². The van der Waals surface area contributed by atoms with Crippen LogP contribution in [0.3, 0.4) is 0 Å². The summed E-state index contributed by atoms with van der Waals surface area (Å²) in [6.45, 7) is 0.802. The summed E-state index contributed by atoms with van der Waals surface area (Å²) in [5, 5.41) is 0.739. The molecule has 4 heteroatoms. The zero-order valence-corrected chi connectivity index (χ0v) is 11.5. The molecule has 0 unspecified atom stereocenters. The molecule has 1 aromatic heterocycles. The molecule has 1 N–H and O–H groups in total. The molecule has 0 spiro atoms. The van der Waals surface area contributed by atoms with Crippen LogP contribution in [0.5, 0.6) is 0 Å². The fraction of sp³-hybridized carbons (Fsp3) is 0.467. The van der Waals surface area contributed by atoms with Gasteiger partial charge in [-0.05, 0) is 61.4 Å². The van der Waals surface area contributed by atoms with Gasteiger partial charge in [-0.25, -0.2) is 0 Å². The van der Waals surface area contributed by atoms with Crippen LogP contribution in [0, 0.1) is 16.1 Å². The highest BCUT2D eigenvalue weighted by atomic mass is 32.1. The predicted molar refractivity (Wildman–Crippen MR) is 77.8 cm³/mol. The Morgan fingerprint density at radius 1 is 1.32 bits per heavy atom. The molecule has 2 aliphatic rings. The van der Waals surface area contributed by atoms with Crippen molar-refractivity contribution in [2.24, 2.45) is 11.3 Å². The van der Waals surface area contributed by atoms with Crippen molar-refractivity contribution in [3.05, 3.63) is 39.4 Å². The van der Waals surface area contributed by atoms with Crippen LogP contribution >= 0.6 is 12.2 Å². The maximum absolute atomic E-state index is 12.6. The smallest absolute Gasteiger partial charge is 0.262 e. The Balaban J connectivity index is 1.85. The first kappa shape index (κ1) is 11.4. The highest BCUT2D eigenvalue weighted by molar-refractivity contribution is 7.71. The molecule has 2 fully saturated rings. The lowest BCUT2D eigenvalue weighted by Gasteiger charge is -2.16. The molecule has 0 atom stereocenters. The quantitative estimate of drug-likeness (QED) is 0.871. The van der Waals surface area contributed by atoms with Gasteiger partial charge in [-0.15, -0.1) is 0 Å². The van der Waals surface area contributed by atoms with E-state index >= 15 is 0 Å². The van der Waals surface area contributed by atoms with Crippen LogP contribution in [0.1, 0.15) is 25.7 Å². The fourth-order valence-electron chi connectivity index (χ4n) is 3.21. The molecular formula is C15H16N2OS. The van der Waals surface area contributed by atoms with Crippen molar-refractivity contribution in [3.63, 3.8) is 0 Å². The average molecular weight is 272 g/mol. The lowest BCUT2D eigenvalue weighted by molar-refractivity contribution is 0.361. The van der Waals surface area contributed by atoms with E-state index in [9.17, 15) is 4.79 Å². The fourth-order valence-corrected chi connectivity index (χ4v) is 3.47. The summed E-state index contributed by atoms with van der Waals surface area (Å²) in [6.07, 6.45) is 5.18. The lowest BCUT2D eigenvalue weighted by Crippen LogP contribution is -2.27. The molecule has 2 aromatic rings. The Bertz CT molecular complexity index is 766. The maximum Gasteiger partial charge on any atom is 0.262 e. The highest BCUT2D eigenvalue weighted by Crippen LogP contribution is 2.62. The first-order valence-corrected chi connectivity index (χ1v) is 7.32. The number of para-hydroxylation sites is 1. The Hall–Kier alpha value is -1.42. The molecular weight excluding hydrogens is 256 g/mol. The van der Waals surface area contributed by atoms with Crippen LogP contribution in [0.25, 0.3) is 10.9 Å². The van der Waals surface area contributed by atoms with Crippen molar-refractivity contribution < 1.29 is 0 Å². The van der Waals surface area contributed by atoms with E-state index in [1.807, 2.05) is 24.3 Å². The molecule has 98 valence electrons. The zero-order valence-electron chi connectivity index (χ0n) is 10.7. The Labute approximate surface area is 116 Å². The summed E-state index contributed by atoms with van der Waals surface area (Å²) < 4.78 is 2.35. The molecule has 0 bridgehead atoms. The van der Waals surface area contributed by atoms with Crippen molar-refractivity contribution in [1.29, 1.82) is 0 Å². The van der Waals surface area contributed by atoms with Gasteiger partial charge in [0.15, 0.2) is 4.77 Å². The zero-order chi connectivity index (χ0) is 13.0. The van der Waals surface area contributed by atoms with Gasteiger partial charge in [0.25, 0.3) is 5.56 Å². The second kappa shape index (κ2) is 3.79. The van der Waals surface area contributed by atoms with Gasteiger partial charge in [0.05, 0.1) is 10.9 Å². The molecule has 1 heterocycles. The van der Waals surface area contributed by atoms with Gasteiger partial charge in [-0.2, -0.15) is 0 Å². The Morgan fingerprint density at radius 2 is 2.05 bits per heavy atom. The summed E-state index contributed by atoms with van der Waals surface area (Å²) in [4.78, 5) is 15.8. The van der Waals surface area contributed by atoms with Crippen molar-refractivity contribution in [1.82, 2.24) is 9.55 Å². The number of benzene rings is 1. The summed E-state index contributed by atoms with van der Waals surface area (Å²) >= 11 is 5.38. The molecule has 19 heavy (non-hydrogen) atoms. The first-order chi connectivity index (χ1) is 9.20. The van der Waals surface area contributed by atoms with Crippen LogP contribution in [0.4, 0.5) is 0 Å². The van der Waals surface area contributed by atoms with Crippen LogP contribution in [0.15, 0.2) is 29.1 Å². The Morgan fingerprint density at radius 3 is 2.74 bits per heavy atom. The van der Waals surface area contributed by atoms with E-state index in [4.69, 9.17) is 12.2 Å². The maximum atomic E-state index is 12.6. The van der Waals surface area contributed by atoms with Crippen LogP contribution in [0.2, 0.25) is 0 Å². The first-order valence-electron chi connectivity index (χ1n) is 6.91. The van der Waals surface area contributed by atoms with Gasteiger partial charge >= 0.3 is 0 Å². The van der Waals surface area contributed by atoms with Gasteiger partial charge in [0.1, 0.15) is 0 Å². The summed E-state index contributed by atoms with van der Waals surface area (Å²) in [7, 11) is 0. The van der Waals surface area contributed by atoms with E-state index in [2.05, 4.69) is 4.98 Å². The highest BCUT2D eigenvalue weighted by Gasteiger charge is 2.53. The summed E-state index contributed by atoms with van der Waals surface area (Å²) in [5.41, 5.74) is 1.28. The number of rotatable bonds is 3. The number of H-pyrrole nitrogens is 1. The minimum Gasteiger partial charge on any atom is -0.332 e. The number of hydrogen-bond acceptors (Lipinski definition) is 2. The van der Waals surface area contributed by atoms with Crippen LogP contribution < -0.4 is 5.56 Å². The molecule has 0 aliphatic heterocycles. The second-order valence-electron chi connectivity index (χ2n) is 6.00. The van der Waals surface area contributed by atoms with Crippen molar-refractivity contribution in [2.75, 3.05) is 0 Å². The van der Waals surface area contributed by atoms with Crippen molar-refractivity contribution in [3.8, 4) is 0 Å². The molecule has 2 aliphatic carbocycles. The van der Waals surface area contributed by atoms with E-state index in [0.29, 0.717) is 10.2 Å². The third kappa shape index (κ3) is 1.77. The van der Waals surface area contributed by atoms with E-state index < -0.39 is 0 Å². The number of aromatic amines is 1. The van der Waals surface area contributed by atoms with E-state index in [1.165, 1.54) is 25.7 Å². The second-order valence-corrected chi connectivity index (χ2v) is 6.39. The number of hydrogen-bond donors (Lipinski definition) is 1. The number of nitrogens with one attached hydrogen (secondary N) is 1. The van der Waals surface area contributed by atoms with Crippen LogP contribution in [-0.2, 0) is 6.54 Å². The minimum absolute atomic E-state index is 0.0614. The number of nitrogens with zero attached hydrogens (tertiary/aromatic N) is 1. The largest absolute Gasteiger partial charge is 0.332 e. The van der Waals surface area contributed by atoms with E-state index in [-0.39, 0.29) is 5.56 Å². The van der Waals surface area contributed by atoms with E-state index in [0.717, 1.165) is 23.4 Å². The standard InChI is InChI=1S/C15H16N2OS/c18-13-11-3-1-2-4-12(11)16-14(19)17(13)9-15(7-8-15)10-5-6-10/h1-4,10H,5-9H2,(H,16,19). The number of fused-ring (bicyclic) bond motifs is 1. The predicted octanol–water partition coefficient (Wildman–Crippen LogP) is 3.25.